The second kappa shape index (κ2) is 3.80. The predicted molar refractivity (Wildman–Crippen MR) is 63.3 cm³/mol. The van der Waals surface area contributed by atoms with E-state index in [0.29, 0.717) is 0 Å². The van der Waals surface area contributed by atoms with E-state index < -0.39 is 5.60 Å². The van der Waals surface area contributed by atoms with Crippen LogP contribution in [0.25, 0.3) is 0 Å². The number of hydrogen-bond donors (Lipinski definition) is 1. The van der Waals surface area contributed by atoms with Gasteiger partial charge >= 0.3 is 0 Å². The molecule has 2 rings (SSSR count). The third-order valence-electron chi connectivity index (χ3n) is 3.21. The van der Waals surface area contributed by atoms with Crippen molar-refractivity contribution in [2.45, 2.75) is 26.4 Å². The zero-order chi connectivity index (χ0) is 11.8. The molecule has 0 bridgehead atoms. The lowest BCUT2D eigenvalue weighted by atomic mass is 9.86. The zero-order valence-electron chi connectivity index (χ0n) is 9.82. The van der Waals surface area contributed by atoms with Crippen molar-refractivity contribution >= 4 is 0 Å². The van der Waals surface area contributed by atoms with Crippen molar-refractivity contribution < 1.29 is 9.52 Å². The Morgan fingerprint density at radius 3 is 2.56 bits per heavy atom. The number of rotatable bonds is 2. The Morgan fingerprint density at radius 1 is 1.19 bits per heavy atom. The number of furan rings is 1. The number of aliphatic hydroxyl groups is 1. The summed E-state index contributed by atoms with van der Waals surface area (Å²) in [5, 5.41) is 10.6. The van der Waals surface area contributed by atoms with E-state index >= 15 is 0 Å². The Kier molecular flexibility index (Phi) is 2.60. The summed E-state index contributed by atoms with van der Waals surface area (Å²) in [6.07, 6.45) is 3.16. The fraction of sp³-hybridized carbons (Fsp3) is 0.286. The smallest absolute Gasteiger partial charge is 0.115 e. The lowest BCUT2D eigenvalue weighted by molar-refractivity contribution is 0.101. The predicted octanol–water partition coefficient (Wildman–Crippen LogP) is 3.15. The van der Waals surface area contributed by atoms with Crippen LogP contribution in [0.15, 0.2) is 41.2 Å². The van der Waals surface area contributed by atoms with Gasteiger partial charge in [0.1, 0.15) is 5.60 Å². The minimum atomic E-state index is -0.997. The highest BCUT2D eigenvalue weighted by molar-refractivity contribution is 5.41. The van der Waals surface area contributed by atoms with Crippen molar-refractivity contribution in [3.8, 4) is 0 Å². The average Bonchev–Trinajstić information content (AvgIpc) is 2.75. The standard InChI is InChI=1S/C14H16O2/c1-10-5-4-6-13(11(10)2)14(3,15)12-7-8-16-9-12/h4-9,15H,1-3H3. The molecule has 2 heteroatoms. The lowest BCUT2D eigenvalue weighted by Crippen LogP contribution is -2.23. The monoisotopic (exact) mass is 216 g/mol. The van der Waals surface area contributed by atoms with Crippen molar-refractivity contribution in [1.29, 1.82) is 0 Å². The summed E-state index contributed by atoms with van der Waals surface area (Å²) in [7, 11) is 0. The highest BCUT2D eigenvalue weighted by Crippen LogP contribution is 2.32. The first-order valence-electron chi connectivity index (χ1n) is 5.35. The number of benzene rings is 1. The van der Waals surface area contributed by atoms with Gasteiger partial charge in [-0.15, -0.1) is 0 Å². The largest absolute Gasteiger partial charge is 0.472 e. The Morgan fingerprint density at radius 2 is 1.94 bits per heavy atom. The molecule has 0 aliphatic rings. The van der Waals surface area contributed by atoms with Crippen LogP contribution in [0.3, 0.4) is 0 Å². The molecular weight excluding hydrogens is 200 g/mol. The average molecular weight is 216 g/mol. The molecular formula is C14H16O2. The van der Waals surface area contributed by atoms with Gasteiger partial charge < -0.3 is 9.52 Å². The number of hydrogen-bond acceptors (Lipinski definition) is 2. The third-order valence-corrected chi connectivity index (χ3v) is 3.21. The minimum absolute atomic E-state index is 0.779. The van der Waals surface area contributed by atoms with Crippen molar-refractivity contribution in [2.24, 2.45) is 0 Å². The molecule has 0 aliphatic heterocycles. The molecule has 0 fully saturated rings. The van der Waals surface area contributed by atoms with E-state index in [-0.39, 0.29) is 0 Å². The first kappa shape index (κ1) is 11.0. The van der Waals surface area contributed by atoms with E-state index in [0.717, 1.165) is 16.7 Å². The summed E-state index contributed by atoms with van der Waals surface area (Å²) in [5.74, 6) is 0. The van der Waals surface area contributed by atoms with Crippen LogP contribution >= 0.6 is 0 Å². The van der Waals surface area contributed by atoms with Gasteiger partial charge in [0.15, 0.2) is 0 Å². The summed E-state index contributed by atoms with van der Waals surface area (Å²) < 4.78 is 5.03. The van der Waals surface area contributed by atoms with Gasteiger partial charge in [-0.25, -0.2) is 0 Å². The van der Waals surface area contributed by atoms with Gasteiger partial charge in [-0.05, 0) is 43.5 Å². The third kappa shape index (κ3) is 1.65. The maximum Gasteiger partial charge on any atom is 0.115 e. The van der Waals surface area contributed by atoms with Crippen molar-refractivity contribution in [3.63, 3.8) is 0 Å². The summed E-state index contributed by atoms with van der Waals surface area (Å²) in [4.78, 5) is 0. The Bertz CT molecular complexity index is 481. The van der Waals surface area contributed by atoms with Crippen LogP contribution in [0.4, 0.5) is 0 Å². The second-order valence-electron chi connectivity index (χ2n) is 4.33. The van der Waals surface area contributed by atoms with Gasteiger partial charge in [0.25, 0.3) is 0 Å². The topological polar surface area (TPSA) is 33.4 Å². The van der Waals surface area contributed by atoms with Gasteiger partial charge in [-0.2, -0.15) is 0 Å². The summed E-state index contributed by atoms with van der Waals surface area (Å²) in [6.45, 7) is 5.86. The van der Waals surface area contributed by atoms with E-state index in [4.69, 9.17) is 4.42 Å². The van der Waals surface area contributed by atoms with Gasteiger partial charge in [0.05, 0.1) is 12.5 Å². The molecule has 0 radical (unpaired) electrons. The molecule has 2 aromatic rings. The van der Waals surface area contributed by atoms with Crippen molar-refractivity contribution in [2.75, 3.05) is 0 Å². The molecule has 1 aromatic heterocycles. The van der Waals surface area contributed by atoms with E-state index in [2.05, 4.69) is 0 Å². The molecule has 0 spiro atoms. The van der Waals surface area contributed by atoms with Gasteiger partial charge in [-0.1, -0.05) is 18.2 Å². The maximum absolute atomic E-state index is 10.6. The highest BCUT2D eigenvalue weighted by atomic mass is 16.3. The second-order valence-corrected chi connectivity index (χ2v) is 4.33. The van der Waals surface area contributed by atoms with Crippen molar-refractivity contribution in [3.05, 3.63) is 59.0 Å². The first-order chi connectivity index (χ1) is 7.53. The molecule has 1 unspecified atom stereocenters. The fourth-order valence-electron chi connectivity index (χ4n) is 1.98. The lowest BCUT2D eigenvalue weighted by Gasteiger charge is -2.25. The van der Waals surface area contributed by atoms with Crippen LogP contribution in [0.1, 0.15) is 29.2 Å². The van der Waals surface area contributed by atoms with Crippen LogP contribution in [0.2, 0.25) is 0 Å². The molecule has 1 N–H and O–H groups in total. The molecule has 0 saturated carbocycles. The van der Waals surface area contributed by atoms with E-state index in [1.807, 2.05) is 32.0 Å². The van der Waals surface area contributed by atoms with Gasteiger partial charge in [-0.3, -0.25) is 0 Å². The quantitative estimate of drug-likeness (QED) is 0.836. The molecule has 0 amide bonds. The highest BCUT2D eigenvalue weighted by Gasteiger charge is 2.28. The van der Waals surface area contributed by atoms with Gasteiger partial charge in [0, 0.05) is 5.56 Å². The number of aryl methyl sites for hydroxylation is 1. The molecule has 2 nitrogen and oxygen atoms in total. The normalized spacial score (nSPS) is 14.8. The molecule has 0 saturated heterocycles. The van der Waals surface area contributed by atoms with Crippen molar-refractivity contribution in [1.82, 2.24) is 0 Å². The fourth-order valence-corrected chi connectivity index (χ4v) is 1.98. The van der Waals surface area contributed by atoms with Crippen LogP contribution in [0, 0.1) is 13.8 Å². The molecule has 16 heavy (non-hydrogen) atoms. The summed E-state index contributed by atoms with van der Waals surface area (Å²) >= 11 is 0. The SMILES string of the molecule is Cc1cccc(C(C)(O)c2ccoc2)c1C. The minimum Gasteiger partial charge on any atom is -0.472 e. The van der Waals surface area contributed by atoms with Crippen LogP contribution in [-0.2, 0) is 5.60 Å². The molecule has 1 heterocycles. The first-order valence-corrected chi connectivity index (χ1v) is 5.35. The molecule has 1 aromatic carbocycles. The van der Waals surface area contributed by atoms with E-state index in [9.17, 15) is 5.11 Å². The van der Waals surface area contributed by atoms with Crippen LogP contribution < -0.4 is 0 Å². The molecule has 84 valence electrons. The van der Waals surface area contributed by atoms with Gasteiger partial charge in [0.2, 0.25) is 0 Å². The Balaban J connectivity index is 2.56. The summed E-state index contributed by atoms with van der Waals surface area (Å²) in [5.41, 5.74) is 3.01. The summed E-state index contributed by atoms with van der Waals surface area (Å²) in [6, 6.07) is 7.76. The molecule has 0 aliphatic carbocycles. The zero-order valence-corrected chi connectivity index (χ0v) is 9.82. The Hall–Kier alpha value is -1.54. The maximum atomic E-state index is 10.6. The van der Waals surface area contributed by atoms with E-state index in [1.54, 1.807) is 25.5 Å². The van der Waals surface area contributed by atoms with Crippen LogP contribution in [-0.4, -0.2) is 5.11 Å². The molecule has 1 atom stereocenters. The van der Waals surface area contributed by atoms with Crippen LogP contribution in [0.5, 0.6) is 0 Å². The Labute approximate surface area is 95.5 Å². The van der Waals surface area contributed by atoms with E-state index in [1.165, 1.54) is 5.56 Å².